The second-order valence-corrected chi connectivity index (χ2v) is 8.57. The second-order valence-electron chi connectivity index (χ2n) is 6.87. The van der Waals surface area contributed by atoms with Gasteiger partial charge in [-0.2, -0.15) is 0 Å². The highest BCUT2D eigenvalue weighted by molar-refractivity contribution is 7.83. The zero-order valence-corrected chi connectivity index (χ0v) is 16.3. The van der Waals surface area contributed by atoms with Gasteiger partial charge in [-0.05, 0) is 36.5 Å². The number of rotatable bonds is 10. The minimum absolute atomic E-state index is 0.0119. The molecule has 0 amide bonds. The summed E-state index contributed by atoms with van der Waals surface area (Å²) in [5.41, 5.74) is 1.18. The number of nitrogens with one attached hydrogen (secondary N) is 1. The Morgan fingerprint density at radius 1 is 1.29 bits per heavy atom. The van der Waals surface area contributed by atoms with Crippen LogP contribution in [0.2, 0.25) is 5.02 Å². The second kappa shape index (κ2) is 9.30. The molecule has 0 saturated heterocycles. The first-order valence-electron chi connectivity index (χ1n) is 8.45. The molecule has 1 aliphatic carbocycles. The third-order valence-electron chi connectivity index (χ3n) is 4.58. The molecule has 1 N–H and O–H groups in total. The highest BCUT2D eigenvalue weighted by atomic mass is 35.5. The summed E-state index contributed by atoms with van der Waals surface area (Å²) in [6, 6.07) is 8.00. The van der Waals surface area contributed by atoms with Crippen molar-refractivity contribution < 1.29 is 13.7 Å². The van der Waals surface area contributed by atoms with Gasteiger partial charge in [-0.25, -0.2) is 8.93 Å². The molecule has 2 atom stereocenters. The molecule has 4 nitrogen and oxygen atoms in total. The first kappa shape index (κ1) is 19.9. The maximum absolute atomic E-state index is 12.5. The molecule has 0 radical (unpaired) electrons. The molecule has 1 saturated carbocycles. The van der Waals surface area contributed by atoms with Gasteiger partial charge in [0, 0.05) is 23.3 Å². The lowest BCUT2D eigenvalue weighted by Crippen LogP contribution is -2.56. The minimum atomic E-state index is -1.07. The number of hydrogen-bond donors (Lipinski definition) is 1. The maximum Gasteiger partial charge on any atom is 0.146 e. The van der Waals surface area contributed by atoms with E-state index in [2.05, 4.69) is 30.7 Å². The van der Waals surface area contributed by atoms with Crippen molar-refractivity contribution in [3.63, 3.8) is 0 Å². The van der Waals surface area contributed by atoms with Crippen LogP contribution in [0, 0.1) is 5.92 Å². The highest BCUT2D eigenvalue weighted by Gasteiger charge is 2.46. The fourth-order valence-electron chi connectivity index (χ4n) is 3.24. The van der Waals surface area contributed by atoms with E-state index in [1.807, 2.05) is 12.1 Å². The summed E-state index contributed by atoms with van der Waals surface area (Å²) in [6.07, 6.45) is 3.28. The van der Waals surface area contributed by atoms with Crippen LogP contribution in [0.25, 0.3) is 0 Å². The van der Waals surface area contributed by atoms with Crippen molar-refractivity contribution in [1.29, 1.82) is 0 Å². The summed E-state index contributed by atoms with van der Waals surface area (Å²) in [6.45, 7) is 4.87. The van der Waals surface area contributed by atoms with Gasteiger partial charge in [0.05, 0.1) is 23.6 Å². The van der Waals surface area contributed by atoms with Crippen LogP contribution in [-0.4, -0.2) is 36.5 Å². The summed E-state index contributed by atoms with van der Waals surface area (Å²) in [5.74, 6) is 1.02. The van der Waals surface area contributed by atoms with Crippen molar-refractivity contribution >= 4 is 22.6 Å². The third kappa shape index (κ3) is 5.02. The average Bonchev–Trinajstić information content (AvgIpc) is 2.47. The zero-order valence-electron chi connectivity index (χ0n) is 14.7. The van der Waals surface area contributed by atoms with E-state index < -0.39 is 11.0 Å². The van der Waals surface area contributed by atoms with E-state index in [4.69, 9.17) is 21.1 Å². The van der Waals surface area contributed by atoms with Crippen LogP contribution in [0.5, 0.6) is 0 Å². The maximum atomic E-state index is 12.5. The summed E-state index contributed by atoms with van der Waals surface area (Å²) < 4.78 is 26.4. The van der Waals surface area contributed by atoms with Crippen molar-refractivity contribution in [2.45, 2.75) is 44.6 Å². The first-order valence-corrected chi connectivity index (χ1v) is 10.1. The molecular weight excluding hydrogens is 346 g/mol. The fraction of sp³-hybridized carbons (Fsp3) is 0.667. The Bertz CT molecular complexity index is 532. The van der Waals surface area contributed by atoms with Gasteiger partial charge in [-0.1, -0.05) is 44.0 Å². The summed E-state index contributed by atoms with van der Waals surface area (Å²) in [4.78, 5) is 0. The van der Waals surface area contributed by atoms with E-state index in [-0.39, 0.29) is 18.2 Å². The Hall–Kier alpha value is -0.460. The molecular formula is C18H28ClNO3S. The van der Waals surface area contributed by atoms with Crippen LogP contribution < -0.4 is 4.72 Å². The van der Waals surface area contributed by atoms with Crippen molar-refractivity contribution in [1.82, 2.24) is 4.72 Å². The van der Waals surface area contributed by atoms with Crippen LogP contribution in [0.3, 0.4) is 0 Å². The monoisotopic (exact) mass is 373 g/mol. The van der Waals surface area contributed by atoms with E-state index >= 15 is 0 Å². The predicted molar refractivity (Wildman–Crippen MR) is 99.6 cm³/mol. The van der Waals surface area contributed by atoms with Crippen molar-refractivity contribution in [3.05, 3.63) is 34.9 Å². The molecule has 0 spiro atoms. The van der Waals surface area contributed by atoms with Gasteiger partial charge in [0.25, 0.3) is 0 Å². The van der Waals surface area contributed by atoms with Crippen molar-refractivity contribution in [2.24, 2.45) is 5.92 Å². The zero-order chi connectivity index (χ0) is 17.6. The molecule has 1 fully saturated rings. The Balaban J connectivity index is 2.18. The Morgan fingerprint density at radius 3 is 2.46 bits per heavy atom. The standard InChI is InChI=1S/C18H28ClNO3S/c1-14(2)12-24(21)20-17(11-23-13-22-3)18(9-4-10-18)15-5-7-16(19)8-6-15/h5-8,14,17,20H,4,9-13H2,1-3H3/t17-,24?/m0/s1. The first-order chi connectivity index (χ1) is 11.5. The molecule has 1 aromatic rings. The van der Waals surface area contributed by atoms with E-state index in [0.717, 1.165) is 17.9 Å². The summed E-state index contributed by atoms with van der Waals surface area (Å²) in [5, 5.41) is 0.733. The lowest BCUT2D eigenvalue weighted by molar-refractivity contribution is -0.0481. The number of hydrogen-bond acceptors (Lipinski definition) is 3. The SMILES string of the molecule is COCOC[C@H](NS(=O)CC(C)C)C1(c2ccc(Cl)cc2)CCC1. The Kier molecular flexibility index (Phi) is 7.69. The quantitative estimate of drug-likeness (QED) is 0.503. The van der Waals surface area contributed by atoms with E-state index in [9.17, 15) is 4.21 Å². The van der Waals surface area contributed by atoms with Crippen LogP contribution >= 0.6 is 11.6 Å². The van der Waals surface area contributed by atoms with Gasteiger partial charge >= 0.3 is 0 Å². The highest BCUT2D eigenvalue weighted by Crippen LogP contribution is 2.47. The molecule has 0 bridgehead atoms. The largest absolute Gasteiger partial charge is 0.359 e. The molecule has 0 aliphatic heterocycles. The average molecular weight is 374 g/mol. The van der Waals surface area contributed by atoms with E-state index in [1.54, 1.807) is 7.11 Å². The number of methoxy groups -OCH3 is 1. The number of benzene rings is 1. The van der Waals surface area contributed by atoms with Crippen LogP contribution in [0.4, 0.5) is 0 Å². The molecule has 1 aromatic carbocycles. The van der Waals surface area contributed by atoms with Crippen LogP contribution in [0.15, 0.2) is 24.3 Å². The van der Waals surface area contributed by atoms with Gasteiger partial charge in [0.2, 0.25) is 0 Å². The van der Waals surface area contributed by atoms with E-state index in [1.165, 1.54) is 12.0 Å². The third-order valence-corrected chi connectivity index (χ3v) is 6.34. The molecule has 1 unspecified atom stereocenters. The number of halogens is 1. The molecule has 2 rings (SSSR count). The topological polar surface area (TPSA) is 47.6 Å². The lowest BCUT2D eigenvalue weighted by atomic mass is 9.60. The normalized spacial score (nSPS) is 19.0. The van der Waals surface area contributed by atoms with Gasteiger partial charge in [0.15, 0.2) is 0 Å². The Labute approximate surface area is 152 Å². The molecule has 136 valence electrons. The number of ether oxygens (including phenoxy) is 2. The Morgan fingerprint density at radius 2 is 1.96 bits per heavy atom. The van der Waals surface area contributed by atoms with Gasteiger partial charge in [0.1, 0.15) is 6.79 Å². The lowest BCUT2D eigenvalue weighted by Gasteiger charge is -2.48. The molecule has 0 aromatic heterocycles. The van der Waals surface area contributed by atoms with Gasteiger partial charge < -0.3 is 9.47 Å². The van der Waals surface area contributed by atoms with Gasteiger partial charge in [-0.3, -0.25) is 0 Å². The minimum Gasteiger partial charge on any atom is -0.359 e. The van der Waals surface area contributed by atoms with E-state index in [0.29, 0.717) is 18.3 Å². The van der Waals surface area contributed by atoms with Crippen molar-refractivity contribution in [3.8, 4) is 0 Å². The molecule has 6 heteroatoms. The van der Waals surface area contributed by atoms with Gasteiger partial charge in [-0.15, -0.1) is 0 Å². The van der Waals surface area contributed by atoms with Crippen LogP contribution in [-0.2, 0) is 25.9 Å². The fourth-order valence-corrected chi connectivity index (χ4v) is 4.68. The summed E-state index contributed by atoms with van der Waals surface area (Å²) >= 11 is 6.04. The molecule has 24 heavy (non-hydrogen) atoms. The molecule has 1 aliphatic rings. The molecule has 0 heterocycles. The van der Waals surface area contributed by atoms with Crippen LogP contribution in [0.1, 0.15) is 38.7 Å². The predicted octanol–water partition coefficient (Wildman–Crippen LogP) is 3.66. The van der Waals surface area contributed by atoms with Crippen molar-refractivity contribution in [2.75, 3.05) is 26.3 Å². The summed E-state index contributed by atoms with van der Waals surface area (Å²) in [7, 11) is 0.534. The smallest absolute Gasteiger partial charge is 0.146 e.